The number of benzene rings is 6. The lowest BCUT2D eigenvalue weighted by Crippen LogP contribution is -2.16. The Balaban J connectivity index is 1.13. The lowest BCUT2D eigenvalue weighted by Gasteiger charge is -2.34. The Morgan fingerprint density at radius 3 is 1.14 bits per heavy atom. The van der Waals surface area contributed by atoms with Crippen molar-refractivity contribution in [2.75, 3.05) is 61.8 Å². The number of hydrogen-bond acceptors (Lipinski definition) is 12. The number of para-hydroxylation sites is 2. The third kappa shape index (κ3) is 7.79. The molecule has 0 saturated carbocycles. The monoisotopic (exact) mass is 897 g/mol. The van der Waals surface area contributed by atoms with E-state index < -0.39 is 0 Å². The van der Waals surface area contributed by atoms with Crippen LogP contribution < -0.4 is 42.8 Å². The van der Waals surface area contributed by atoms with E-state index in [-0.39, 0.29) is 0 Å². The Morgan fingerprint density at radius 2 is 0.727 bits per heavy atom. The number of methoxy groups -OCH3 is 8. The second kappa shape index (κ2) is 18.7. The summed E-state index contributed by atoms with van der Waals surface area (Å²) >= 11 is 1.74. The van der Waals surface area contributed by atoms with Crippen molar-refractivity contribution in [2.45, 2.75) is 9.79 Å². The van der Waals surface area contributed by atoms with E-state index >= 15 is 0 Å². The summed E-state index contributed by atoms with van der Waals surface area (Å²) in [7, 11) is 13.2. The number of fused-ring (bicyclic) bond motifs is 2. The number of hydrogen-bond donors (Lipinski definition) is 0. The third-order valence-corrected chi connectivity index (χ3v) is 12.7. The second-order valence-corrected chi connectivity index (χ2v) is 16.1. The number of ether oxygens (including phenoxy) is 8. The molecule has 1 aliphatic rings. The Morgan fingerprint density at radius 1 is 0.348 bits per heavy atom. The van der Waals surface area contributed by atoms with Gasteiger partial charge >= 0.3 is 0 Å². The predicted molar refractivity (Wildman–Crippen MR) is 260 cm³/mol. The van der Waals surface area contributed by atoms with Crippen molar-refractivity contribution in [1.29, 1.82) is 0 Å². The van der Waals surface area contributed by atoms with Crippen molar-refractivity contribution in [3.8, 4) is 102 Å². The fourth-order valence-electron chi connectivity index (χ4n) is 8.42. The van der Waals surface area contributed by atoms with E-state index in [9.17, 15) is 0 Å². The van der Waals surface area contributed by atoms with Crippen LogP contribution in [0.3, 0.4) is 0 Å². The topological polar surface area (TPSA) is 103 Å². The van der Waals surface area contributed by atoms with Crippen LogP contribution in [0.25, 0.3) is 55.9 Å². The van der Waals surface area contributed by atoms with Crippen LogP contribution in [-0.4, -0.2) is 66.8 Å². The molecule has 0 fully saturated rings. The summed E-state index contributed by atoms with van der Waals surface area (Å²) in [5.74, 6) is 4.72. The van der Waals surface area contributed by atoms with Gasteiger partial charge in [-0.3, -0.25) is 9.97 Å². The van der Waals surface area contributed by atoms with Crippen LogP contribution in [0.1, 0.15) is 0 Å². The molecule has 2 aromatic heterocycles. The quantitative estimate of drug-likeness (QED) is 0.104. The zero-order chi connectivity index (χ0) is 45.9. The summed E-state index contributed by atoms with van der Waals surface area (Å²) in [6.07, 6.45) is 3.56. The van der Waals surface area contributed by atoms with Crippen LogP contribution in [0.2, 0.25) is 0 Å². The fourth-order valence-corrected chi connectivity index (χ4v) is 9.48. The van der Waals surface area contributed by atoms with Crippen LogP contribution in [-0.2, 0) is 0 Å². The van der Waals surface area contributed by atoms with E-state index in [1.165, 1.54) is 0 Å². The molecule has 0 unspecified atom stereocenters. The lowest BCUT2D eigenvalue weighted by molar-refractivity contribution is 0.397. The molecule has 12 heteroatoms. The van der Waals surface area contributed by atoms with E-state index in [2.05, 4.69) is 46.3 Å². The van der Waals surface area contributed by atoms with Crippen molar-refractivity contribution in [3.63, 3.8) is 0 Å². The molecule has 0 aliphatic carbocycles. The van der Waals surface area contributed by atoms with Gasteiger partial charge in [-0.25, -0.2) is 0 Å². The molecular weight excluding hydrogens is 851 g/mol. The van der Waals surface area contributed by atoms with Crippen molar-refractivity contribution in [1.82, 2.24) is 9.97 Å². The maximum absolute atomic E-state index is 6.17. The molecule has 1 aliphatic heterocycles. The van der Waals surface area contributed by atoms with Crippen LogP contribution in [0.15, 0.2) is 150 Å². The molecule has 0 bridgehead atoms. The molecule has 3 heterocycles. The van der Waals surface area contributed by atoms with Gasteiger partial charge in [-0.05, 0) is 84.9 Å². The summed E-state index contributed by atoms with van der Waals surface area (Å²) in [4.78, 5) is 13.6. The zero-order valence-corrected chi connectivity index (χ0v) is 38.6. The fraction of sp³-hybridized carbons (Fsp3) is 0.148. The molecule has 66 heavy (non-hydrogen) atoms. The zero-order valence-electron chi connectivity index (χ0n) is 37.8. The molecule has 6 aromatic carbocycles. The van der Waals surface area contributed by atoms with E-state index in [0.717, 1.165) is 71.6 Å². The Bertz CT molecular complexity index is 3030. The van der Waals surface area contributed by atoms with E-state index in [1.807, 2.05) is 91.0 Å². The Hall–Kier alpha value is -7.83. The molecule has 0 saturated heterocycles. The number of pyridine rings is 2. The molecule has 0 radical (unpaired) electrons. The molecular formula is C54H47N3O8S. The van der Waals surface area contributed by atoms with Crippen LogP contribution in [0.5, 0.6) is 46.0 Å². The molecule has 0 spiro atoms. The van der Waals surface area contributed by atoms with Gasteiger partial charge in [-0.1, -0.05) is 48.2 Å². The molecule has 0 N–H and O–H groups in total. The predicted octanol–water partition coefficient (Wildman–Crippen LogP) is 12.8. The number of rotatable bonds is 14. The molecule has 0 amide bonds. The summed E-state index contributed by atoms with van der Waals surface area (Å²) < 4.78 is 48.9. The molecule has 332 valence electrons. The van der Waals surface area contributed by atoms with Crippen LogP contribution >= 0.6 is 11.8 Å². The van der Waals surface area contributed by atoms with Gasteiger partial charge in [0.05, 0.1) is 85.3 Å². The lowest BCUT2D eigenvalue weighted by atomic mass is 9.93. The van der Waals surface area contributed by atoms with Gasteiger partial charge in [0.15, 0.2) is 0 Å². The van der Waals surface area contributed by atoms with Crippen LogP contribution in [0.4, 0.5) is 17.1 Å². The van der Waals surface area contributed by atoms with Crippen molar-refractivity contribution in [3.05, 3.63) is 140 Å². The highest BCUT2D eigenvalue weighted by Crippen LogP contribution is 2.56. The average Bonchev–Trinajstić information content (AvgIpc) is 3.38. The van der Waals surface area contributed by atoms with E-state index in [1.54, 1.807) is 81.0 Å². The number of anilines is 3. The van der Waals surface area contributed by atoms with Gasteiger partial charge in [0.25, 0.3) is 0 Å². The van der Waals surface area contributed by atoms with Crippen LogP contribution in [0, 0.1) is 0 Å². The van der Waals surface area contributed by atoms with Gasteiger partial charge in [0, 0.05) is 72.8 Å². The first-order chi connectivity index (χ1) is 32.4. The maximum atomic E-state index is 6.17. The molecule has 11 nitrogen and oxygen atoms in total. The van der Waals surface area contributed by atoms with Crippen molar-refractivity contribution in [2.24, 2.45) is 0 Å². The summed E-state index contributed by atoms with van der Waals surface area (Å²) in [6.45, 7) is 0. The first kappa shape index (κ1) is 43.4. The highest BCUT2D eigenvalue weighted by molar-refractivity contribution is 7.99. The van der Waals surface area contributed by atoms with Gasteiger partial charge < -0.3 is 42.8 Å². The third-order valence-electron chi connectivity index (χ3n) is 11.6. The smallest absolute Gasteiger partial charge is 0.143 e. The highest BCUT2D eigenvalue weighted by Gasteiger charge is 2.30. The van der Waals surface area contributed by atoms with E-state index in [4.69, 9.17) is 42.9 Å². The second-order valence-electron chi connectivity index (χ2n) is 15.0. The van der Waals surface area contributed by atoms with Gasteiger partial charge in [-0.15, -0.1) is 0 Å². The Labute approximate surface area is 388 Å². The summed E-state index contributed by atoms with van der Waals surface area (Å²) in [6, 6.07) is 42.0. The molecule has 9 rings (SSSR count). The normalized spacial score (nSPS) is 11.5. The van der Waals surface area contributed by atoms with Gasteiger partial charge in [0.2, 0.25) is 0 Å². The Kier molecular flexibility index (Phi) is 12.3. The first-order valence-electron chi connectivity index (χ1n) is 21.0. The molecule has 0 atom stereocenters. The largest absolute Gasteiger partial charge is 0.496 e. The van der Waals surface area contributed by atoms with Crippen molar-refractivity contribution < 1.29 is 37.9 Å². The minimum atomic E-state index is 0.558. The number of aromatic nitrogens is 2. The first-order valence-corrected chi connectivity index (χ1v) is 21.8. The average molecular weight is 898 g/mol. The summed E-state index contributed by atoms with van der Waals surface area (Å²) in [5, 5.41) is 0. The standard InChI is InChI=1S/C54H47N3O8S/c1-58-45-24-34(46(59-2)23-33(45)32-20-21-41(56-31-32)40-15-13-14-22-55-40)35-25-48(61-4)36(26-47(35)60-3)37-27-50(63-6)38(28-49(37)62-5)39-29-52(65-8)44(30-51(39)64-7)57-42-16-9-11-18-53(42)66-54-19-12-10-17-43(54)57/h9-31H,1-8H3. The highest BCUT2D eigenvalue weighted by atomic mass is 32.2. The maximum Gasteiger partial charge on any atom is 0.143 e. The van der Waals surface area contributed by atoms with Crippen molar-refractivity contribution >= 4 is 28.8 Å². The van der Waals surface area contributed by atoms with Gasteiger partial charge in [0.1, 0.15) is 46.0 Å². The van der Waals surface area contributed by atoms with Gasteiger partial charge in [-0.2, -0.15) is 0 Å². The number of nitrogens with zero attached hydrogens (tertiary/aromatic N) is 3. The molecule has 8 aromatic rings. The van der Waals surface area contributed by atoms with E-state index in [0.29, 0.717) is 57.1 Å². The minimum absolute atomic E-state index is 0.558. The minimum Gasteiger partial charge on any atom is -0.496 e. The summed E-state index contributed by atoms with van der Waals surface area (Å²) in [5.41, 5.74) is 10.5. The SMILES string of the molecule is COc1cc(-c2cc(OC)c(-c3cc(OC)c(-c4cc(OC)c(N5c6ccccc6Sc6ccccc65)cc4OC)cc3OC)cc2OC)c(OC)cc1-c1ccc(-c2ccccn2)nc1.